The molecule has 7 nitrogen and oxygen atoms in total. The van der Waals surface area contributed by atoms with Crippen LogP contribution in [0.1, 0.15) is 51.0 Å². The number of carbonyl (C=O) groups excluding carboxylic acids is 2. The summed E-state index contributed by atoms with van der Waals surface area (Å²) in [5.74, 6) is -0.731. The Morgan fingerprint density at radius 2 is 1.46 bits per heavy atom. The molecule has 0 aromatic heterocycles. The van der Waals surface area contributed by atoms with Gasteiger partial charge < -0.3 is 10.2 Å². The molecule has 1 fully saturated rings. The Morgan fingerprint density at radius 1 is 0.878 bits per heavy atom. The topological polar surface area (TPSA) is 86.8 Å². The van der Waals surface area contributed by atoms with E-state index in [-0.39, 0.29) is 29.1 Å². The van der Waals surface area contributed by atoms with Crippen LogP contribution in [-0.2, 0) is 26.2 Å². The largest absolute Gasteiger partial charge is 0.352 e. The lowest BCUT2D eigenvalue weighted by atomic mass is 9.95. The molecule has 0 saturated heterocycles. The highest BCUT2D eigenvalue weighted by Crippen LogP contribution is 2.26. The number of rotatable bonds is 11. The summed E-state index contributed by atoms with van der Waals surface area (Å²) in [6, 6.07) is 20.6. The van der Waals surface area contributed by atoms with Crippen molar-refractivity contribution in [1.29, 1.82) is 0 Å². The Morgan fingerprint density at radius 3 is 2.05 bits per heavy atom. The standard InChI is InChI=1S/C31H35Cl2N3O4S/c1-2-29(31(38)34-26-9-5-3-6-10-26)35(21-23-13-15-24(32)16-14-23)30(37)22-36(27-19-17-25(33)18-20-27)41(39,40)28-11-7-4-8-12-28/h4,7-8,11-20,26,29H,2-3,5-6,9-10,21-22H2,1H3,(H,34,38). The second-order valence-electron chi connectivity index (χ2n) is 10.2. The SMILES string of the molecule is CCC(C(=O)NC1CCCCC1)N(Cc1ccc(Cl)cc1)C(=O)CN(c1ccc(Cl)cc1)S(=O)(=O)c1ccccc1. The first-order chi connectivity index (χ1) is 19.7. The van der Waals surface area contributed by atoms with Gasteiger partial charge in [0.15, 0.2) is 0 Å². The molecule has 3 aromatic rings. The zero-order valence-electron chi connectivity index (χ0n) is 23.0. The number of hydrogen-bond acceptors (Lipinski definition) is 4. The number of nitrogens with one attached hydrogen (secondary N) is 1. The highest BCUT2D eigenvalue weighted by atomic mass is 35.5. The van der Waals surface area contributed by atoms with Gasteiger partial charge in [-0.05, 0) is 73.4 Å². The van der Waals surface area contributed by atoms with Crippen molar-refractivity contribution >= 4 is 50.7 Å². The van der Waals surface area contributed by atoms with E-state index in [1.807, 2.05) is 6.92 Å². The van der Waals surface area contributed by atoms with Gasteiger partial charge in [0.2, 0.25) is 11.8 Å². The summed E-state index contributed by atoms with van der Waals surface area (Å²) in [6.07, 6.45) is 5.45. The van der Waals surface area contributed by atoms with Gasteiger partial charge in [-0.25, -0.2) is 8.42 Å². The fourth-order valence-electron chi connectivity index (χ4n) is 5.11. The molecule has 0 bridgehead atoms. The molecule has 1 atom stereocenters. The number of anilines is 1. The van der Waals surface area contributed by atoms with Crippen molar-refractivity contribution in [2.45, 2.75) is 69.0 Å². The molecule has 1 saturated carbocycles. The van der Waals surface area contributed by atoms with Crippen LogP contribution in [0.2, 0.25) is 10.0 Å². The molecule has 0 heterocycles. The van der Waals surface area contributed by atoms with E-state index in [1.165, 1.54) is 17.0 Å². The van der Waals surface area contributed by atoms with E-state index in [0.29, 0.717) is 16.5 Å². The van der Waals surface area contributed by atoms with Crippen LogP contribution < -0.4 is 9.62 Å². The molecule has 0 spiro atoms. The molecule has 2 amide bonds. The first kappa shape index (κ1) is 30.9. The molecule has 3 aromatic carbocycles. The number of carbonyl (C=O) groups is 2. The minimum Gasteiger partial charge on any atom is -0.352 e. The fourth-order valence-corrected chi connectivity index (χ4v) is 6.79. The monoisotopic (exact) mass is 615 g/mol. The smallest absolute Gasteiger partial charge is 0.264 e. The molecule has 1 aliphatic carbocycles. The van der Waals surface area contributed by atoms with E-state index in [0.717, 1.165) is 42.0 Å². The van der Waals surface area contributed by atoms with E-state index in [9.17, 15) is 18.0 Å². The Balaban J connectivity index is 1.68. The minimum atomic E-state index is -4.12. The maximum atomic E-state index is 14.1. The predicted octanol–water partition coefficient (Wildman–Crippen LogP) is 6.45. The molecule has 1 N–H and O–H groups in total. The summed E-state index contributed by atoms with van der Waals surface area (Å²) in [6.45, 7) is 1.47. The lowest BCUT2D eigenvalue weighted by Crippen LogP contribution is -2.54. The van der Waals surface area contributed by atoms with Crippen LogP contribution in [0.3, 0.4) is 0 Å². The van der Waals surface area contributed by atoms with E-state index < -0.39 is 28.5 Å². The Bertz CT molecular complexity index is 1410. The molecular weight excluding hydrogens is 581 g/mol. The molecule has 10 heteroatoms. The highest BCUT2D eigenvalue weighted by molar-refractivity contribution is 7.92. The van der Waals surface area contributed by atoms with Crippen LogP contribution in [0.15, 0.2) is 83.8 Å². The van der Waals surface area contributed by atoms with Crippen LogP contribution >= 0.6 is 23.2 Å². The van der Waals surface area contributed by atoms with Crippen molar-refractivity contribution in [3.8, 4) is 0 Å². The zero-order valence-corrected chi connectivity index (χ0v) is 25.3. The normalized spacial score (nSPS) is 14.7. The summed E-state index contributed by atoms with van der Waals surface area (Å²) in [5.41, 5.74) is 1.06. The number of nitrogens with zero attached hydrogens (tertiary/aromatic N) is 2. The van der Waals surface area contributed by atoms with Gasteiger partial charge in [0, 0.05) is 22.6 Å². The maximum Gasteiger partial charge on any atom is 0.264 e. The van der Waals surface area contributed by atoms with E-state index in [1.54, 1.807) is 66.7 Å². The van der Waals surface area contributed by atoms with Crippen LogP contribution in [0, 0.1) is 0 Å². The summed E-state index contributed by atoms with van der Waals surface area (Å²) >= 11 is 12.2. The van der Waals surface area contributed by atoms with Gasteiger partial charge in [-0.15, -0.1) is 0 Å². The third kappa shape index (κ3) is 8.03. The first-order valence-corrected chi connectivity index (χ1v) is 16.1. The predicted molar refractivity (Wildman–Crippen MR) is 164 cm³/mol. The minimum absolute atomic E-state index is 0.0501. The molecule has 218 valence electrons. The van der Waals surface area contributed by atoms with E-state index in [4.69, 9.17) is 23.2 Å². The van der Waals surface area contributed by atoms with Gasteiger partial charge in [-0.1, -0.05) is 79.7 Å². The highest BCUT2D eigenvalue weighted by Gasteiger charge is 2.34. The average molecular weight is 617 g/mol. The Hall–Kier alpha value is -3.07. The fraction of sp³-hybridized carbons (Fsp3) is 0.355. The van der Waals surface area contributed by atoms with Crippen LogP contribution in [0.4, 0.5) is 5.69 Å². The Kier molecular flexibility index (Phi) is 10.7. The van der Waals surface area contributed by atoms with Crippen LogP contribution in [0.25, 0.3) is 0 Å². The third-order valence-corrected chi connectivity index (χ3v) is 9.62. The molecule has 1 aliphatic rings. The summed E-state index contributed by atoms with van der Waals surface area (Å²) in [5, 5.41) is 4.14. The average Bonchev–Trinajstić information content (AvgIpc) is 2.98. The number of halogens is 2. The number of amides is 2. The van der Waals surface area contributed by atoms with Crippen molar-refractivity contribution in [3.63, 3.8) is 0 Å². The summed E-state index contributed by atoms with van der Waals surface area (Å²) < 4.78 is 28.7. The van der Waals surface area contributed by atoms with Gasteiger partial charge in [0.1, 0.15) is 12.6 Å². The molecule has 1 unspecified atom stereocenters. The third-order valence-electron chi connectivity index (χ3n) is 7.33. The summed E-state index contributed by atoms with van der Waals surface area (Å²) in [7, 11) is -4.12. The summed E-state index contributed by atoms with van der Waals surface area (Å²) in [4.78, 5) is 29.2. The molecule has 4 rings (SSSR count). The molecule has 0 aliphatic heterocycles. The van der Waals surface area contributed by atoms with Crippen molar-refractivity contribution < 1.29 is 18.0 Å². The number of sulfonamides is 1. The lowest BCUT2D eigenvalue weighted by molar-refractivity contribution is -0.140. The second kappa shape index (κ2) is 14.2. The van der Waals surface area contributed by atoms with Gasteiger partial charge >= 0.3 is 0 Å². The second-order valence-corrected chi connectivity index (χ2v) is 13.0. The quantitative estimate of drug-likeness (QED) is 0.269. The molecule has 0 radical (unpaired) electrons. The Labute approximate surface area is 252 Å². The van der Waals surface area contributed by atoms with Gasteiger partial charge in [-0.3, -0.25) is 13.9 Å². The van der Waals surface area contributed by atoms with E-state index >= 15 is 0 Å². The first-order valence-electron chi connectivity index (χ1n) is 13.9. The van der Waals surface area contributed by atoms with Crippen molar-refractivity contribution in [3.05, 3.63) is 94.5 Å². The van der Waals surface area contributed by atoms with Crippen molar-refractivity contribution in [2.75, 3.05) is 10.8 Å². The maximum absolute atomic E-state index is 14.1. The van der Waals surface area contributed by atoms with Gasteiger partial charge in [-0.2, -0.15) is 0 Å². The zero-order chi connectivity index (χ0) is 29.4. The van der Waals surface area contributed by atoms with Gasteiger partial charge in [0.25, 0.3) is 10.0 Å². The molecule has 41 heavy (non-hydrogen) atoms. The van der Waals surface area contributed by atoms with Gasteiger partial charge in [0.05, 0.1) is 10.6 Å². The van der Waals surface area contributed by atoms with E-state index in [2.05, 4.69) is 5.32 Å². The van der Waals surface area contributed by atoms with Crippen LogP contribution in [-0.4, -0.2) is 43.8 Å². The molecular formula is C31H35Cl2N3O4S. The van der Waals surface area contributed by atoms with Crippen LogP contribution in [0.5, 0.6) is 0 Å². The van der Waals surface area contributed by atoms with Crippen molar-refractivity contribution in [1.82, 2.24) is 10.2 Å². The van der Waals surface area contributed by atoms with Crippen molar-refractivity contribution in [2.24, 2.45) is 0 Å². The number of hydrogen-bond donors (Lipinski definition) is 1. The number of benzene rings is 3. The lowest BCUT2D eigenvalue weighted by Gasteiger charge is -2.34.